The molecular weight excluding hydrogens is 190 g/mol. The first-order chi connectivity index (χ1) is 7.25. The van der Waals surface area contributed by atoms with Crippen molar-refractivity contribution in [1.29, 1.82) is 0 Å². The first-order valence-corrected chi connectivity index (χ1v) is 5.28. The van der Waals surface area contributed by atoms with Crippen molar-refractivity contribution in [1.82, 2.24) is 0 Å². The van der Waals surface area contributed by atoms with Crippen LogP contribution in [0.2, 0.25) is 0 Å². The zero-order chi connectivity index (χ0) is 10.7. The van der Waals surface area contributed by atoms with Gasteiger partial charge in [0.05, 0.1) is 12.2 Å². The van der Waals surface area contributed by atoms with Crippen LogP contribution in [-0.2, 0) is 4.74 Å². The molecule has 0 heterocycles. The van der Waals surface area contributed by atoms with Gasteiger partial charge in [-0.2, -0.15) is 0 Å². The molecule has 0 aliphatic heterocycles. The molecule has 0 unspecified atom stereocenters. The van der Waals surface area contributed by atoms with Gasteiger partial charge in [0.1, 0.15) is 0 Å². The number of anilines is 1. The van der Waals surface area contributed by atoms with Gasteiger partial charge in [-0.1, -0.05) is 18.9 Å². The highest BCUT2D eigenvalue weighted by molar-refractivity contribution is 5.90. The molecule has 80 valence electrons. The minimum absolute atomic E-state index is 0.275. The maximum Gasteiger partial charge on any atom is 0.338 e. The van der Waals surface area contributed by atoms with Crippen LogP contribution in [0.4, 0.5) is 5.69 Å². The molecule has 0 spiro atoms. The molecule has 2 rings (SSSR count). The summed E-state index contributed by atoms with van der Waals surface area (Å²) in [6, 6.07) is 6.86. The van der Waals surface area contributed by atoms with Gasteiger partial charge in [0.2, 0.25) is 0 Å². The summed E-state index contributed by atoms with van der Waals surface area (Å²) < 4.78 is 5.14. The predicted molar refractivity (Wildman–Crippen MR) is 58.5 cm³/mol. The van der Waals surface area contributed by atoms with Gasteiger partial charge in [0.25, 0.3) is 0 Å². The number of carbonyl (C=O) groups is 1. The number of ether oxygens (including phenoxy) is 1. The molecule has 0 radical (unpaired) electrons. The summed E-state index contributed by atoms with van der Waals surface area (Å²) >= 11 is 0. The number of hydrogen-bond acceptors (Lipinski definition) is 3. The lowest BCUT2D eigenvalue weighted by Gasteiger charge is -2.04. The van der Waals surface area contributed by atoms with Crippen LogP contribution in [-0.4, -0.2) is 12.6 Å². The predicted octanol–water partition coefficient (Wildman–Crippen LogP) is 2.23. The van der Waals surface area contributed by atoms with E-state index in [1.54, 1.807) is 24.3 Å². The lowest BCUT2D eigenvalue weighted by Crippen LogP contribution is -2.07. The highest BCUT2D eigenvalue weighted by atomic mass is 16.5. The maximum atomic E-state index is 11.5. The van der Waals surface area contributed by atoms with Crippen molar-refractivity contribution in [2.45, 2.75) is 19.3 Å². The Balaban J connectivity index is 1.83. The van der Waals surface area contributed by atoms with Crippen molar-refractivity contribution in [3.63, 3.8) is 0 Å². The molecule has 1 saturated carbocycles. The average molecular weight is 205 g/mol. The van der Waals surface area contributed by atoms with Gasteiger partial charge in [-0.25, -0.2) is 4.79 Å². The number of nitrogen functional groups attached to an aromatic ring is 1. The van der Waals surface area contributed by atoms with Crippen molar-refractivity contribution in [2.24, 2.45) is 5.92 Å². The third kappa shape index (κ3) is 2.98. The largest absolute Gasteiger partial charge is 0.462 e. The summed E-state index contributed by atoms with van der Waals surface area (Å²) in [5.74, 6) is 0.515. The molecule has 0 saturated heterocycles. The molecule has 1 aromatic rings. The van der Waals surface area contributed by atoms with E-state index in [0.717, 1.165) is 12.3 Å². The van der Waals surface area contributed by atoms with E-state index in [2.05, 4.69) is 0 Å². The van der Waals surface area contributed by atoms with E-state index in [4.69, 9.17) is 10.5 Å². The lowest BCUT2D eigenvalue weighted by atomic mass is 10.2. The standard InChI is InChI=1S/C12H15NO2/c13-11-3-1-2-10(8-11)12(14)15-7-6-9-4-5-9/h1-3,8-9H,4-7,13H2. The molecule has 0 aromatic heterocycles. The van der Waals surface area contributed by atoms with Crippen LogP contribution in [0, 0.1) is 5.92 Å². The Morgan fingerprint density at radius 2 is 2.27 bits per heavy atom. The molecule has 15 heavy (non-hydrogen) atoms. The highest BCUT2D eigenvalue weighted by Crippen LogP contribution is 2.32. The first kappa shape index (κ1) is 10.0. The minimum atomic E-state index is -0.275. The van der Waals surface area contributed by atoms with Gasteiger partial charge >= 0.3 is 5.97 Å². The SMILES string of the molecule is Nc1cccc(C(=O)OCCC2CC2)c1. The van der Waals surface area contributed by atoms with Crippen molar-refractivity contribution in [3.8, 4) is 0 Å². The van der Waals surface area contributed by atoms with Crippen molar-refractivity contribution < 1.29 is 9.53 Å². The molecule has 3 nitrogen and oxygen atoms in total. The third-order valence-electron chi connectivity index (χ3n) is 2.58. The van der Waals surface area contributed by atoms with Crippen molar-refractivity contribution in [3.05, 3.63) is 29.8 Å². The number of benzene rings is 1. The van der Waals surface area contributed by atoms with Crippen LogP contribution in [0.25, 0.3) is 0 Å². The molecule has 2 N–H and O–H groups in total. The fourth-order valence-corrected chi connectivity index (χ4v) is 1.47. The smallest absolute Gasteiger partial charge is 0.338 e. The Kier molecular flexibility index (Phi) is 2.90. The topological polar surface area (TPSA) is 52.3 Å². The Labute approximate surface area is 89.2 Å². The molecule has 3 heteroatoms. The van der Waals surface area contributed by atoms with E-state index in [-0.39, 0.29) is 5.97 Å². The van der Waals surface area contributed by atoms with Crippen LogP contribution in [0.15, 0.2) is 24.3 Å². The molecule has 1 fully saturated rings. The van der Waals surface area contributed by atoms with Gasteiger partial charge in [0, 0.05) is 5.69 Å². The quantitative estimate of drug-likeness (QED) is 0.605. The molecule has 0 atom stereocenters. The molecular formula is C12H15NO2. The van der Waals surface area contributed by atoms with Gasteiger partial charge in [-0.05, 0) is 30.5 Å². The highest BCUT2D eigenvalue weighted by Gasteiger charge is 2.21. The van der Waals surface area contributed by atoms with Crippen molar-refractivity contribution >= 4 is 11.7 Å². The number of rotatable bonds is 4. The van der Waals surface area contributed by atoms with E-state index < -0.39 is 0 Å². The van der Waals surface area contributed by atoms with Gasteiger partial charge < -0.3 is 10.5 Å². The number of esters is 1. The van der Waals surface area contributed by atoms with Gasteiger partial charge in [0.15, 0.2) is 0 Å². The Morgan fingerprint density at radius 3 is 2.93 bits per heavy atom. The zero-order valence-electron chi connectivity index (χ0n) is 8.61. The fourth-order valence-electron chi connectivity index (χ4n) is 1.47. The first-order valence-electron chi connectivity index (χ1n) is 5.28. The van der Waals surface area contributed by atoms with Gasteiger partial charge in [-0.15, -0.1) is 0 Å². The van der Waals surface area contributed by atoms with Gasteiger partial charge in [-0.3, -0.25) is 0 Å². The summed E-state index contributed by atoms with van der Waals surface area (Å²) in [4.78, 5) is 11.5. The second kappa shape index (κ2) is 4.34. The molecule has 1 aliphatic carbocycles. The average Bonchev–Trinajstić information content (AvgIpc) is 3.01. The molecule has 1 aromatic carbocycles. The summed E-state index contributed by atoms with van der Waals surface area (Å²) in [6.07, 6.45) is 3.57. The number of carbonyl (C=O) groups excluding carboxylic acids is 1. The van der Waals surface area contributed by atoms with E-state index in [1.165, 1.54) is 12.8 Å². The summed E-state index contributed by atoms with van der Waals surface area (Å²) in [7, 11) is 0. The molecule has 1 aliphatic rings. The summed E-state index contributed by atoms with van der Waals surface area (Å²) in [5.41, 5.74) is 6.70. The van der Waals surface area contributed by atoms with E-state index >= 15 is 0 Å². The van der Waals surface area contributed by atoms with E-state index in [9.17, 15) is 4.79 Å². The van der Waals surface area contributed by atoms with Crippen LogP contribution in [0.3, 0.4) is 0 Å². The molecule has 0 amide bonds. The van der Waals surface area contributed by atoms with Crippen molar-refractivity contribution in [2.75, 3.05) is 12.3 Å². The van der Waals surface area contributed by atoms with Crippen LogP contribution >= 0.6 is 0 Å². The second-order valence-corrected chi connectivity index (χ2v) is 3.99. The minimum Gasteiger partial charge on any atom is -0.462 e. The Morgan fingerprint density at radius 1 is 1.47 bits per heavy atom. The van der Waals surface area contributed by atoms with Crippen LogP contribution in [0.1, 0.15) is 29.6 Å². The number of nitrogens with two attached hydrogens (primary N) is 1. The Hall–Kier alpha value is -1.51. The van der Waals surface area contributed by atoms with Crippen LogP contribution < -0.4 is 5.73 Å². The van der Waals surface area contributed by atoms with E-state index in [1.807, 2.05) is 0 Å². The maximum absolute atomic E-state index is 11.5. The van der Waals surface area contributed by atoms with Crippen LogP contribution in [0.5, 0.6) is 0 Å². The summed E-state index contributed by atoms with van der Waals surface area (Å²) in [5, 5.41) is 0. The normalized spacial score (nSPS) is 14.9. The van der Waals surface area contributed by atoms with E-state index in [0.29, 0.717) is 17.9 Å². The Bertz CT molecular complexity index is 358. The zero-order valence-corrected chi connectivity index (χ0v) is 8.61. The number of hydrogen-bond donors (Lipinski definition) is 1. The fraction of sp³-hybridized carbons (Fsp3) is 0.417. The second-order valence-electron chi connectivity index (χ2n) is 3.99. The third-order valence-corrected chi connectivity index (χ3v) is 2.58. The monoisotopic (exact) mass is 205 g/mol. The summed E-state index contributed by atoms with van der Waals surface area (Å²) in [6.45, 7) is 0.526. The lowest BCUT2D eigenvalue weighted by molar-refractivity contribution is 0.0495. The molecule has 0 bridgehead atoms.